The van der Waals surface area contributed by atoms with Gasteiger partial charge in [-0.15, -0.1) is 0 Å². The van der Waals surface area contributed by atoms with Crippen molar-refractivity contribution < 1.29 is 29.3 Å². The Labute approximate surface area is 121 Å². The van der Waals surface area contributed by atoms with Crippen molar-refractivity contribution in [1.29, 1.82) is 0 Å². The van der Waals surface area contributed by atoms with Gasteiger partial charge in [-0.05, 0) is 18.4 Å². The van der Waals surface area contributed by atoms with E-state index in [2.05, 4.69) is 11.9 Å². The van der Waals surface area contributed by atoms with E-state index in [0.29, 0.717) is 6.42 Å². The third-order valence-electron chi connectivity index (χ3n) is 2.74. The van der Waals surface area contributed by atoms with Crippen molar-refractivity contribution in [3.63, 3.8) is 0 Å². The maximum Gasteiger partial charge on any atom is 0.408 e. The van der Waals surface area contributed by atoms with Crippen molar-refractivity contribution in [2.24, 2.45) is 0 Å². The predicted molar refractivity (Wildman–Crippen MR) is 73.8 cm³/mol. The van der Waals surface area contributed by atoms with Gasteiger partial charge in [-0.25, -0.2) is 9.59 Å². The second-order valence-electron chi connectivity index (χ2n) is 4.56. The molecule has 0 bridgehead atoms. The van der Waals surface area contributed by atoms with Crippen molar-refractivity contribution in [3.05, 3.63) is 36.0 Å². The van der Waals surface area contributed by atoms with E-state index in [1.807, 2.05) is 6.08 Å². The molecule has 0 heterocycles. The lowest BCUT2D eigenvalue weighted by Gasteiger charge is -2.15. The third kappa shape index (κ3) is 6.42. The molecule has 1 aliphatic carbocycles. The van der Waals surface area contributed by atoms with Crippen LogP contribution < -0.4 is 5.32 Å². The summed E-state index contributed by atoms with van der Waals surface area (Å²) in [4.78, 5) is 32.8. The number of hydrogen-bond acceptors (Lipinski definition) is 4. The molecule has 3 N–H and O–H groups in total. The van der Waals surface area contributed by atoms with Crippen LogP contribution in [-0.4, -0.2) is 40.9 Å². The van der Waals surface area contributed by atoms with Gasteiger partial charge < -0.3 is 20.3 Å². The van der Waals surface area contributed by atoms with Gasteiger partial charge in [0.05, 0.1) is 0 Å². The molecule has 0 fully saturated rings. The minimum absolute atomic E-state index is 0.0282. The molecule has 0 saturated heterocycles. The summed E-state index contributed by atoms with van der Waals surface area (Å²) in [5.74, 6) is -2.43. The van der Waals surface area contributed by atoms with E-state index >= 15 is 0 Å². The van der Waals surface area contributed by atoms with Gasteiger partial charge in [0.25, 0.3) is 0 Å². The molecule has 1 atom stereocenters. The van der Waals surface area contributed by atoms with Crippen LogP contribution in [0.1, 0.15) is 19.3 Å². The normalized spacial score (nSPS) is 15.0. The number of carbonyl (C=O) groups excluding carboxylic acids is 1. The summed E-state index contributed by atoms with van der Waals surface area (Å²) in [6, 6.07) is -1.29. The topological polar surface area (TPSA) is 113 Å². The summed E-state index contributed by atoms with van der Waals surface area (Å²) in [5, 5.41) is 19.5. The van der Waals surface area contributed by atoms with Crippen LogP contribution in [-0.2, 0) is 14.3 Å². The van der Waals surface area contributed by atoms with Crippen LogP contribution in [0.2, 0.25) is 0 Å². The number of rotatable bonds is 7. The van der Waals surface area contributed by atoms with Crippen LogP contribution in [0.15, 0.2) is 36.0 Å². The highest BCUT2D eigenvalue weighted by atomic mass is 16.5. The van der Waals surface area contributed by atoms with Gasteiger partial charge in [0.15, 0.2) is 0 Å². The monoisotopic (exact) mass is 295 g/mol. The fraction of sp³-hybridized carbons (Fsp3) is 0.357. The summed E-state index contributed by atoms with van der Waals surface area (Å²) in [5.41, 5.74) is 1.73. The first-order chi connectivity index (χ1) is 9.88. The number of ether oxygens (including phenoxy) is 1. The lowest BCUT2D eigenvalue weighted by molar-refractivity contribution is -0.140. The number of carboxylic acids is 2. The fourth-order valence-electron chi connectivity index (χ4n) is 1.70. The molecule has 0 aliphatic heterocycles. The van der Waals surface area contributed by atoms with E-state index in [-0.39, 0.29) is 19.4 Å². The van der Waals surface area contributed by atoms with E-state index in [1.165, 1.54) is 0 Å². The van der Waals surface area contributed by atoms with Crippen LogP contribution in [0.4, 0.5) is 4.79 Å². The van der Waals surface area contributed by atoms with E-state index in [0.717, 1.165) is 11.1 Å². The number of hydrogen-bond donors (Lipinski definition) is 3. The first-order valence-corrected chi connectivity index (χ1v) is 6.30. The van der Waals surface area contributed by atoms with Gasteiger partial charge in [0, 0.05) is 6.42 Å². The molecule has 0 saturated carbocycles. The molecular weight excluding hydrogens is 278 g/mol. The van der Waals surface area contributed by atoms with Gasteiger partial charge in [0.2, 0.25) is 0 Å². The second-order valence-corrected chi connectivity index (χ2v) is 4.56. The van der Waals surface area contributed by atoms with Gasteiger partial charge >= 0.3 is 18.0 Å². The van der Waals surface area contributed by atoms with Crippen molar-refractivity contribution in [1.82, 2.24) is 5.32 Å². The highest BCUT2D eigenvalue weighted by molar-refractivity contribution is 5.80. The molecular formula is C14H17NO6. The van der Waals surface area contributed by atoms with E-state index in [9.17, 15) is 14.4 Å². The van der Waals surface area contributed by atoms with Gasteiger partial charge in [-0.2, -0.15) is 0 Å². The lowest BCUT2D eigenvalue weighted by atomic mass is 10.0. The SMILES string of the molecule is C=C1C=CC=C(COC(=O)N[C@@H](CCC(=O)O)C(=O)O)C1. The van der Waals surface area contributed by atoms with Crippen LogP contribution in [0.5, 0.6) is 0 Å². The van der Waals surface area contributed by atoms with Crippen LogP contribution in [0.3, 0.4) is 0 Å². The molecule has 1 rings (SSSR count). The van der Waals surface area contributed by atoms with Gasteiger partial charge in [0.1, 0.15) is 12.6 Å². The van der Waals surface area contributed by atoms with Crippen molar-refractivity contribution in [2.45, 2.75) is 25.3 Å². The minimum Gasteiger partial charge on any atom is -0.481 e. The zero-order chi connectivity index (χ0) is 15.8. The predicted octanol–water partition coefficient (Wildman–Crippen LogP) is 1.47. The zero-order valence-electron chi connectivity index (χ0n) is 11.4. The molecule has 0 radical (unpaired) electrons. The first-order valence-electron chi connectivity index (χ1n) is 6.30. The van der Waals surface area contributed by atoms with Gasteiger partial charge in [-0.3, -0.25) is 4.79 Å². The Balaban J connectivity index is 2.41. The number of amides is 1. The molecule has 21 heavy (non-hydrogen) atoms. The Kier molecular flexibility index (Phi) is 6.19. The summed E-state index contributed by atoms with van der Waals surface area (Å²) in [6.07, 6.45) is 4.56. The first kappa shape index (κ1) is 16.5. The summed E-state index contributed by atoms with van der Waals surface area (Å²) in [6.45, 7) is 3.82. The number of nitrogens with one attached hydrogen (secondary N) is 1. The molecule has 0 spiro atoms. The Morgan fingerprint density at radius 1 is 1.38 bits per heavy atom. The molecule has 7 nitrogen and oxygen atoms in total. The fourth-order valence-corrected chi connectivity index (χ4v) is 1.70. The Morgan fingerprint density at radius 2 is 2.10 bits per heavy atom. The largest absolute Gasteiger partial charge is 0.481 e. The summed E-state index contributed by atoms with van der Waals surface area (Å²) in [7, 11) is 0. The Morgan fingerprint density at radius 3 is 2.67 bits per heavy atom. The van der Waals surface area contributed by atoms with Crippen molar-refractivity contribution in [3.8, 4) is 0 Å². The molecule has 0 aromatic heterocycles. The highest BCUT2D eigenvalue weighted by Gasteiger charge is 2.21. The smallest absolute Gasteiger partial charge is 0.408 e. The standard InChI is InChI=1S/C14H17NO6/c1-9-3-2-4-10(7-9)8-21-14(20)15-11(13(18)19)5-6-12(16)17/h2-4,11H,1,5-8H2,(H,15,20)(H,16,17)(H,18,19)/t11-/m0/s1. The quantitative estimate of drug-likeness (QED) is 0.655. The number of aliphatic carboxylic acids is 2. The lowest BCUT2D eigenvalue weighted by Crippen LogP contribution is -2.41. The zero-order valence-corrected chi connectivity index (χ0v) is 11.4. The van der Waals surface area contributed by atoms with E-state index in [1.54, 1.807) is 12.2 Å². The average molecular weight is 295 g/mol. The molecule has 1 aliphatic rings. The number of carboxylic acid groups (broad SMARTS) is 2. The minimum atomic E-state index is -1.30. The summed E-state index contributed by atoms with van der Waals surface area (Å²) >= 11 is 0. The summed E-state index contributed by atoms with van der Waals surface area (Å²) < 4.78 is 4.91. The highest BCUT2D eigenvalue weighted by Crippen LogP contribution is 2.16. The molecule has 114 valence electrons. The number of allylic oxidation sites excluding steroid dienone is 4. The molecule has 1 amide bonds. The van der Waals surface area contributed by atoms with Crippen LogP contribution >= 0.6 is 0 Å². The molecule has 0 aromatic carbocycles. The number of carbonyl (C=O) groups is 3. The van der Waals surface area contributed by atoms with E-state index in [4.69, 9.17) is 14.9 Å². The van der Waals surface area contributed by atoms with E-state index < -0.39 is 24.1 Å². The van der Waals surface area contributed by atoms with Crippen molar-refractivity contribution in [2.75, 3.05) is 6.61 Å². The molecule has 0 aromatic rings. The van der Waals surface area contributed by atoms with Crippen molar-refractivity contribution >= 4 is 18.0 Å². The van der Waals surface area contributed by atoms with Crippen LogP contribution in [0.25, 0.3) is 0 Å². The number of alkyl carbamates (subject to hydrolysis) is 1. The second kappa shape index (κ2) is 7.88. The maximum absolute atomic E-state index is 11.5. The third-order valence-corrected chi connectivity index (χ3v) is 2.74. The molecule has 0 unspecified atom stereocenters. The Bertz CT molecular complexity index is 506. The van der Waals surface area contributed by atoms with Crippen LogP contribution in [0, 0.1) is 0 Å². The van der Waals surface area contributed by atoms with Gasteiger partial charge in [-0.1, -0.05) is 30.4 Å². The maximum atomic E-state index is 11.5. The molecule has 7 heteroatoms. The Hall–Kier alpha value is -2.57. The average Bonchev–Trinajstić information content (AvgIpc) is 2.40.